The zero-order valence-corrected chi connectivity index (χ0v) is 20.3. The number of rotatable bonds is 3. The molecule has 0 N–H and O–H groups in total. The van der Waals surface area contributed by atoms with Gasteiger partial charge in [0.05, 0.1) is 16.4 Å². The highest BCUT2D eigenvalue weighted by molar-refractivity contribution is 6.33. The summed E-state index contributed by atoms with van der Waals surface area (Å²) < 4.78 is 0. The second-order valence-corrected chi connectivity index (χ2v) is 9.57. The Kier molecular flexibility index (Phi) is 6.17. The molecule has 3 aromatic rings. The van der Waals surface area contributed by atoms with Gasteiger partial charge in [-0.05, 0) is 51.1 Å². The van der Waals surface area contributed by atoms with Gasteiger partial charge in [-0.2, -0.15) is 0 Å². The maximum absolute atomic E-state index is 6.53. The Morgan fingerprint density at radius 1 is 0.879 bits per heavy atom. The molecule has 2 aliphatic rings. The molecule has 8 heteroatoms. The van der Waals surface area contributed by atoms with Crippen molar-refractivity contribution in [2.24, 2.45) is 0 Å². The largest absolute Gasteiger partial charge is 0.352 e. The number of hydrogen-bond acceptors (Lipinski definition) is 7. The normalized spacial score (nSPS) is 17.1. The maximum atomic E-state index is 6.53. The highest BCUT2D eigenvalue weighted by atomic mass is 35.5. The molecule has 0 unspecified atom stereocenters. The van der Waals surface area contributed by atoms with E-state index in [-0.39, 0.29) is 0 Å². The van der Waals surface area contributed by atoms with Crippen LogP contribution in [0.1, 0.15) is 28.8 Å². The van der Waals surface area contributed by atoms with Gasteiger partial charge in [0.15, 0.2) is 0 Å². The molecule has 1 fully saturated rings. The minimum atomic E-state index is 0.617. The summed E-state index contributed by atoms with van der Waals surface area (Å²) in [7, 11) is 2.18. The van der Waals surface area contributed by atoms with Crippen molar-refractivity contribution in [3.8, 4) is 11.3 Å². The van der Waals surface area contributed by atoms with E-state index in [4.69, 9.17) is 21.6 Å². The van der Waals surface area contributed by atoms with Gasteiger partial charge in [0.25, 0.3) is 0 Å². The van der Waals surface area contributed by atoms with Gasteiger partial charge in [0.2, 0.25) is 5.95 Å². The molecule has 0 aliphatic carbocycles. The molecule has 0 saturated carbocycles. The van der Waals surface area contributed by atoms with Gasteiger partial charge in [0.1, 0.15) is 5.82 Å². The van der Waals surface area contributed by atoms with E-state index in [9.17, 15) is 0 Å². The van der Waals surface area contributed by atoms with Crippen molar-refractivity contribution in [2.75, 3.05) is 49.6 Å². The molecule has 0 spiro atoms. The minimum absolute atomic E-state index is 0.617. The van der Waals surface area contributed by atoms with Gasteiger partial charge in [0, 0.05) is 68.9 Å². The summed E-state index contributed by atoms with van der Waals surface area (Å²) in [6.45, 7) is 9.89. The van der Waals surface area contributed by atoms with Gasteiger partial charge >= 0.3 is 0 Å². The average molecular weight is 464 g/mol. The van der Waals surface area contributed by atoms with Gasteiger partial charge in [-0.1, -0.05) is 17.7 Å². The number of fused-ring (bicyclic) bond motifs is 1. The predicted octanol–water partition coefficient (Wildman–Crippen LogP) is 3.91. The third-order valence-electron chi connectivity index (χ3n) is 6.56. The van der Waals surface area contributed by atoms with E-state index in [0.717, 1.165) is 92.0 Å². The number of anilines is 2. The number of aryl methyl sites for hydroxylation is 2. The van der Waals surface area contributed by atoms with Crippen molar-refractivity contribution >= 4 is 23.4 Å². The van der Waals surface area contributed by atoms with Crippen molar-refractivity contribution in [1.29, 1.82) is 0 Å². The van der Waals surface area contributed by atoms with Crippen molar-refractivity contribution in [3.63, 3.8) is 0 Å². The molecule has 0 aromatic carbocycles. The van der Waals surface area contributed by atoms with Crippen molar-refractivity contribution in [3.05, 3.63) is 58.1 Å². The maximum Gasteiger partial charge on any atom is 0.225 e. The molecular weight excluding hydrogens is 434 g/mol. The van der Waals surface area contributed by atoms with Crippen LogP contribution in [0.15, 0.2) is 30.7 Å². The Balaban J connectivity index is 1.37. The summed E-state index contributed by atoms with van der Waals surface area (Å²) in [6.07, 6.45) is 7.64. The zero-order chi connectivity index (χ0) is 22.9. The van der Waals surface area contributed by atoms with Crippen LogP contribution in [0.25, 0.3) is 11.3 Å². The van der Waals surface area contributed by atoms with Crippen LogP contribution in [0.5, 0.6) is 0 Å². The third kappa shape index (κ3) is 4.66. The van der Waals surface area contributed by atoms with E-state index in [0.29, 0.717) is 5.02 Å². The fourth-order valence-electron chi connectivity index (χ4n) is 4.68. The average Bonchev–Trinajstić information content (AvgIpc) is 3.03. The molecule has 7 nitrogen and oxygen atoms in total. The first-order chi connectivity index (χ1) is 16.0. The summed E-state index contributed by atoms with van der Waals surface area (Å²) in [4.78, 5) is 25.9. The standard InChI is InChI=1S/C25H30ClN7/c1-17-11-18(2)24(28-13-17)20-12-23(27-15-21(20)26)33-8-5-22-19(16-33)14-29-25(30-22)32-7-4-6-31(3)9-10-32/h11-15H,4-10,16H2,1-3H3. The molecule has 2 aliphatic heterocycles. The first-order valence-corrected chi connectivity index (χ1v) is 12.0. The molecule has 1 saturated heterocycles. The molecule has 0 atom stereocenters. The number of halogens is 1. The number of nitrogens with zero attached hydrogens (tertiary/aromatic N) is 7. The van der Waals surface area contributed by atoms with Crippen LogP contribution in [0, 0.1) is 13.8 Å². The molecule has 172 valence electrons. The third-order valence-corrected chi connectivity index (χ3v) is 6.86. The summed E-state index contributed by atoms with van der Waals surface area (Å²) in [5, 5.41) is 0.617. The lowest BCUT2D eigenvalue weighted by molar-refractivity contribution is 0.360. The molecule has 3 aromatic heterocycles. The molecular formula is C25H30ClN7. The number of hydrogen-bond donors (Lipinski definition) is 0. The lowest BCUT2D eigenvalue weighted by atomic mass is 10.0. The molecule has 33 heavy (non-hydrogen) atoms. The summed E-state index contributed by atoms with van der Waals surface area (Å²) >= 11 is 6.53. The zero-order valence-electron chi connectivity index (χ0n) is 19.6. The monoisotopic (exact) mass is 463 g/mol. The predicted molar refractivity (Wildman–Crippen MR) is 133 cm³/mol. The lowest BCUT2D eigenvalue weighted by Gasteiger charge is -2.30. The van der Waals surface area contributed by atoms with Crippen LogP contribution < -0.4 is 9.80 Å². The van der Waals surface area contributed by atoms with Crippen molar-refractivity contribution in [1.82, 2.24) is 24.8 Å². The van der Waals surface area contributed by atoms with Crippen LogP contribution >= 0.6 is 11.6 Å². The van der Waals surface area contributed by atoms with Crippen LogP contribution in [0.4, 0.5) is 11.8 Å². The first-order valence-electron chi connectivity index (χ1n) is 11.6. The molecule has 5 heterocycles. The molecule has 0 bridgehead atoms. The second kappa shape index (κ2) is 9.23. The Labute approximate surface area is 200 Å². The highest BCUT2D eigenvalue weighted by Gasteiger charge is 2.23. The van der Waals surface area contributed by atoms with Gasteiger partial charge in [-0.3, -0.25) is 4.98 Å². The number of aromatic nitrogens is 4. The van der Waals surface area contributed by atoms with Gasteiger partial charge < -0.3 is 14.7 Å². The van der Waals surface area contributed by atoms with E-state index in [1.165, 1.54) is 5.56 Å². The summed E-state index contributed by atoms with van der Waals surface area (Å²) in [5.74, 6) is 1.77. The van der Waals surface area contributed by atoms with Crippen LogP contribution in [0.2, 0.25) is 5.02 Å². The molecule has 0 radical (unpaired) electrons. The SMILES string of the molecule is Cc1cnc(-c2cc(N3CCc4nc(N5CCCN(C)CC5)ncc4C3)ncc2Cl)c(C)c1. The van der Waals surface area contributed by atoms with E-state index >= 15 is 0 Å². The van der Waals surface area contributed by atoms with E-state index in [2.05, 4.69) is 50.8 Å². The van der Waals surface area contributed by atoms with E-state index < -0.39 is 0 Å². The lowest BCUT2D eigenvalue weighted by Crippen LogP contribution is -2.34. The quantitative estimate of drug-likeness (QED) is 0.583. The van der Waals surface area contributed by atoms with Crippen LogP contribution in [-0.4, -0.2) is 64.6 Å². The van der Waals surface area contributed by atoms with Crippen molar-refractivity contribution in [2.45, 2.75) is 33.2 Å². The Hall–Kier alpha value is -2.77. The molecule has 5 rings (SSSR count). The Morgan fingerprint density at radius 2 is 1.76 bits per heavy atom. The van der Waals surface area contributed by atoms with Crippen molar-refractivity contribution < 1.29 is 0 Å². The second-order valence-electron chi connectivity index (χ2n) is 9.16. The topological polar surface area (TPSA) is 61.3 Å². The smallest absolute Gasteiger partial charge is 0.225 e. The van der Waals surface area contributed by atoms with Crippen LogP contribution in [-0.2, 0) is 13.0 Å². The summed E-state index contributed by atoms with van der Waals surface area (Å²) in [6, 6.07) is 4.19. The summed E-state index contributed by atoms with van der Waals surface area (Å²) in [5.41, 5.74) is 6.39. The van der Waals surface area contributed by atoms with E-state index in [1.54, 1.807) is 6.20 Å². The molecule has 0 amide bonds. The van der Waals surface area contributed by atoms with Gasteiger partial charge in [-0.15, -0.1) is 0 Å². The minimum Gasteiger partial charge on any atom is -0.352 e. The number of likely N-dealkylation sites (N-methyl/N-ethyl adjacent to an activating group) is 1. The Bertz CT molecular complexity index is 1170. The fraction of sp³-hybridized carbons (Fsp3) is 0.440. The van der Waals surface area contributed by atoms with E-state index in [1.807, 2.05) is 19.3 Å². The Morgan fingerprint density at radius 3 is 2.61 bits per heavy atom. The van der Waals surface area contributed by atoms with Gasteiger partial charge in [-0.25, -0.2) is 15.0 Å². The number of pyridine rings is 2. The fourth-order valence-corrected chi connectivity index (χ4v) is 4.87. The highest BCUT2D eigenvalue weighted by Crippen LogP contribution is 2.33. The first kappa shape index (κ1) is 22.0. The van der Waals surface area contributed by atoms with Crippen LogP contribution in [0.3, 0.4) is 0 Å².